The standard InChI is InChI=1S/C10H19NO4/c1-5-8(15-4)9(12)11-7(3)6(2)10(13)14/h6-8H,5H2,1-4H3,(H,11,12)(H,13,14). The highest BCUT2D eigenvalue weighted by Crippen LogP contribution is 2.04. The van der Waals surface area contributed by atoms with E-state index in [4.69, 9.17) is 9.84 Å². The molecule has 0 aliphatic carbocycles. The van der Waals surface area contributed by atoms with Gasteiger partial charge < -0.3 is 15.2 Å². The van der Waals surface area contributed by atoms with Gasteiger partial charge in [-0.2, -0.15) is 0 Å². The van der Waals surface area contributed by atoms with Gasteiger partial charge in [0.1, 0.15) is 6.10 Å². The molecule has 0 aliphatic rings. The molecule has 0 aromatic carbocycles. The third-order valence-electron chi connectivity index (χ3n) is 2.46. The number of carboxylic acid groups (broad SMARTS) is 1. The first-order valence-electron chi connectivity index (χ1n) is 5.00. The highest BCUT2D eigenvalue weighted by Gasteiger charge is 2.23. The van der Waals surface area contributed by atoms with Crippen molar-refractivity contribution in [1.29, 1.82) is 0 Å². The largest absolute Gasteiger partial charge is 0.481 e. The molecule has 0 aromatic heterocycles. The first kappa shape index (κ1) is 13.9. The van der Waals surface area contributed by atoms with Gasteiger partial charge in [-0.3, -0.25) is 9.59 Å². The Morgan fingerprint density at radius 3 is 2.27 bits per heavy atom. The number of rotatable bonds is 6. The zero-order valence-corrected chi connectivity index (χ0v) is 9.61. The van der Waals surface area contributed by atoms with Crippen LogP contribution in [0.15, 0.2) is 0 Å². The van der Waals surface area contributed by atoms with Crippen molar-refractivity contribution >= 4 is 11.9 Å². The number of aliphatic carboxylic acids is 1. The van der Waals surface area contributed by atoms with Crippen molar-refractivity contribution < 1.29 is 19.4 Å². The molecule has 88 valence electrons. The van der Waals surface area contributed by atoms with Crippen LogP contribution in [0.2, 0.25) is 0 Å². The molecule has 3 atom stereocenters. The van der Waals surface area contributed by atoms with Gasteiger partial charge in [0, 0.05) is 13.2 Å². The van der Waals surface area contributed by atoms with Crippen molar-refractivity contribution in [1.82, 2.24) is 5.32 Å². The fraction of sp³-hybridized carbons (Fsp3) is 0.800. The smallest absolute Gasteiger partial charge is 0.308 e. The van der Waals surface area contributed by atoms with E-state index in [9.17, 15) is 9.59 Å². The average molecular weight is 217 g/mol. The molecule has 5 nitrogen and oxygen atoms in total. The topological polar surface area (TPSA) is 75.6 Å². The van der Waals surface area contributed by atoms with Crippen LogP contribution >= 0.6 is 0 Å². The first-order valence-corrected chi connectivity index (χ1v) is 5.00. The molecule has 15 heavy (non-hydrogen) atoms. The summed E-state index contributed by atoms with van der Waals surface area (Å²) in [5, 5.41) is 11.4. The second-order valence-corrected chi connectivity index (χ2v) is 3.56. The molecular weight excluding hydrogens is 198 g/mol. The lowest BCUT2D eigenvalue weighted by molar-refractivity contribution is -0.142. The van der Waals surface area contributed by atoms with Crippen LogP contribution < -0.4 is 5.32 Å². The fourth-order valence-corrected chi connectivity index (χ4v) is 1.12. The summed E-state index contributed by atoms with van der Waals surface area (Å²) in [6.07, 6.45) is 0.0599. The van der Waals surface area contributed by atoms with Gasteiger partial charge in [-0.15, -0.1) is 0 Å². The van der Waals surface area contributed by atoms with Crippen LogP contribution in [0.1, 0.15) is 27.2 Å². The van der Waals surface area contributed by atoms with Crippen LogP contribution in [0, 0.1) is 5.92 Å². The van der Waals surface area contributed by atoms with Gasteiger partial charge in [-0.1, -0.05) is 6.92 Å². The zero-order chi connectivity index (χ0) is 12.0. The van der Waals surface area contributed by atoms with Gasteiger partial charge in [0.2, 0.25) is 5.91 Å². The van der Waals surface area contributed by atoms with Crippen LogP contribution in [-0.4, -0.2) is 36.2 Å². The molecule has 0 saturated heterocycles. The van der Waals surface area contributed by atoms with E-state index in [1.165, 1.54) is 7.11 Å². The Kier molecular flexibility index (Phi) is 5.93. The molecule has 0 spiro atoms. The van der Waals surface area contributed by atoms with Gasteiger partial charge >= 0.3 is 5.97 Å². The van der Waals surface area contributed by atoms with Gasteiger partial charge in [-0.25, -0.2) is 0 Å². The van der Waals surface area contributed by atoms with Crippen molar-refractivity contribution in [2.75, 3.05) is 7.11 Å². The highest BCUT2D eigenvalue weighted by atomic mass is 16.5. The fourth-order valence-electron chi connectivity index (χ4n) is 1.12. The number of hydrogen-bond acceptors (Lipinski definition) is 3. The van der Waals surface area contributed by atoms with Gasteiger partial charge in [0.15, 0.2) is 0 Å². The number of methoxy groups -OCH3 is 1. The summed E-state index contributed by atoms with van der Waals surface area (Å²) < 4.78 is 4.94. The van der Waals surface area contributed by atoms with Crippen LogP contribution in [-0.2, 0) is 14.3 Å². The summed E-state index contributed by atoms with van der Waals surface area (Å²) in [5.74, 6) is -1.79. The lowest BCUT2D eigenvalue weighted by Gasteiger charge is -2.20. The van der Waals surface area contributed by atoms with E-state index >= 15 is 0 Å². The molecule has 1 amide bonds. The summed E-state index contributed by atoms with van der Waals surface area (Å²) in [6, 6.07) is -0.404. The lowest BCUT2D eigenvalue weighted by atomic mass is 10.0. The van der Waals surface area contributed by atoms with Crippen LogP contribution in [0.5, 0.6) is 0 Å². The maximum Gasteiger partial charge on any atom is 0.308 e. The maximum absolute atomic E-state index is 11.5. The predicted octanol–water partition coefficient (Wildman–Crippen LogP) is 0.637. The first-order chi connectivity index (χ1) is 6.93. The van der Waals surface area contributed by atoms with Crippen molar-refractivity contribution in [3.8, 4) is 0 Å². The maximum atomic E-state index is 11.5. The molecule has 0 fully saturated rings. The predicted molar refractivity (Wildman–Crippen MR) is 55.5 cm³/mol. The SMILES string of the molecule is CCC(OC)C(=O)NC(C)C(C)C(=O)O. The zero-order valence-electron chi connectivity index (χ0n) is 9.61. The van der Waals surface area contributed by atoms with Crippen LogP contribution in [0.4, 0.5) is 0 Å². The Morgan fingerprint density at radius 2 is 1.93 bits per heavy atom. The Hall–Kier alpha value is -1.10. The molecule has 3 unspecified atom stereocenters. The third-order valence-corrected chi connectivity index (χ3v) is 2.46. The number of carbonyl (C=O) groups is 2. The molecular formula is C10H19NO4. The monoisotopic (exact) mass is 217 g/mol. The Morgan fingerprint density at radius 1 is 1.40 bits per heavy atom. The van der Waals surface area contributed by atoms with Crippen LogP contribution in [0.3, 0.4) is 0 Å². The second-order valence-electron chi connectivity index (χ2n) is 3.56. The molecule has 0 aromatic rings. The van der Waals surface area contributed by atoms with Crippen LogP contribution in [0.25, 0.3) is 0 Å². The van der Waals surface area contributed by atoms with E-state index in [-0.39, 0.29) is 5.91 Å². The number of hydrogen-bond donors (Lipinski definition) is 2. The Bertz CT molecular complexity index is 225. The van der Waals surface area contributed by atoms with Crippen molar-refractivity contribution in [3.05, 3.63) is 0 Å². The van der Waals surface area contributed by atoms with E-state index in [1.807, 2.05) is 6.92 Å². The molecule has 0 bridgehead atoms. The number of carbonyl (C=O) groups excluding carboxylic acids is 1. The second kappa shape index (κ2) is 6.40. The molecule has 0 radical (unpaired) electrons. The van der Waals surface area contributed by atoms with E-state index in [2.05, 4.69) is 5.32 Å². The van der Waals surface area contributed by atoms with Crippen molar-refractivity contribution in [2.24, 2.45) is 5.92 Å². The summed E-state index contributed by atoms with van der Waals surface area (Å²) in [6.45, 7) is 5.05. The third kappa shape index (κ3) is 4.29. The van der Waals surface area contributed by atoms with E-state index in [1.54, 1.807) is 13.8 Å². The molecule has 0 rings (SSSR count). The molecule has 0 saturated carbocycles. The quantitative estimate of drug-likeness (QED) is 0.684. The number of carboxylic acids is 1. The minimum Gasteiger partial charge on any atom is -0.481 e. The average Bonchev–Trinajstić information content (AvgIpc) is 2.18. The molecule has 0 aliphatic heterocycles. The summed E-state index contributed by atoms with van der Waals surface area (Å²) in [5.41, 5.74) is 0. The summed E-state index contributed by atoms with van der Waals surface area (Å²) in [4.78, 5) is 22.2. The van der Waals surface area contributed by atoms with Gasteiger partial charge in [0.05, 0.1) is 5.92 Å². The molecule has 0 heterocycles. The minimum atomic E-state index is -0.923. The summed E-state index contributed by atoms with van der Waals surface area (Å²) in [7, 11) is 1.46. The minimum absolute atomic E-state index is 0.263. The molecule has 2 N–H and O–H groups in total. The number of nitrogens with one attached hydrogen (secondary N) is 1. The van der Waals surface area contributed by atoms with Crippen molar-refractivity contribution in [3.63, 3.8) is 0 Å². The van der Waals surface area contributed by atoms with Crippen molar-refractivity contribution in [2.45, 2.75) is 39.3 Å². The molecule has 5 heteroatoms. The number of ether oxygens (including phenoxy) is 1. The lowest BCUT2D eigenvalue weighted by Crippen LogP contribution is -2.45. The Labute approximate surface area is 89.8 Å². The highest BCUT2D eigenvalue weighted by molar-refractivity contribution is 5.81. The normalized spacial score (nSPS) is 16.5. The van der Waals surface area contributed by atoms with Gasteiger partial charge in [-0.05, 0) is 20.3 Å². The summed E-state index contributed by atoms with van der Waals surface area (Å²) >= 11 is 0. The Balaban J connectivity index is 4.22. The van der Waals surface area contributed by atoms with Gasteiger partial charge in [0.25, 0.3) is 0 Å². The number of amides is 1. The van der Waals surface area contributed by atoms with E-state index in [0.29, 0.717) is 6.42 Å². The van der Waals surface area contributed by atoms with E-state index in [0.717, 1.165) is 0 Å². The van der Waals surface area contributed by atoms with E-state index < -0.39 is 24.0 Å².